The van der Waals surface area contributed by atoms with Crippen molar-refractivity contribution >= 4 is 0 Å². The number of aliphatic hydroxyl groups excluding tert-OH is 1. The Hall–Kier alpha value is -1.50. The molecule has 0 amide bonds. The van der Waals surface area contributed by atoms with Crippen LogP contribution >= 0.6 is 0 Å². The maximum Gasteiger partial charge on any atom is 0.233 e. The topological polar surface area (TPSA) is 49.7 Å². The number of ether oxygens (including phenoxy) is 1. The van der Waals surface area contributed by atoms with Crippen molar-refractivity contribution in [1.82, 2.24) is 0 Å². The van der Waals surface area contributed by atoms with E-state index in [-0.39, 0.29) is 0 Å². The van der Waals surface area contributed by atoms with Gasteiger partial charge in [-0.05, 0) is 0 Å². The maximum atomic E-state index is 13.1. The first-order chi connectivity index (χ1) is 6.95. The molecule has 1 heterocycles. The van der Waals surface area contributed by atoms with Crippen LogP contribution in [0.5, 0.6) is 11.5 Å². The van der Waals surface area contributed by atoms with Crippen LogP contribution in [0.15, 0.2) is 0 Å². The molecule has 0 aliphatic carbocycles. The van der Waals surface area contributed by atoms with Gasteiger partial charge in [0.25, 0.3) is 0 Å². The molecule has 15 heavy (non-hydrogen) atoms. The lowest BCUT2D eigenvalue weighted by Crippen LogP contribution is -2.14. The van der Waals surface area contributed by atoms with Gasteiger partial charge < -0.3 is 14.9 Å². The summed E-state index contributed by atoms with van der Waals surface area (Å²) in [5, 5.41) is 17.6. The molecule has 7 heteroatoms. The van der Waals surface area contributed by atoms with Gasteiger partial charge in [-0.2, -0.15) is 8.78 Å². The average Bonchev–Trinajstić information content (AvgIpc) is 2.50. The van der Waals surface area contributed by atoms with Crippen molar-refractivity contribution < 1.29 is 32.5 Å². The number of hydrogen-bond acceptors (Lipinski definition) is 3. The van der Waals surface area contributed by atoms with Crippen LogP contribution in [0.3, 0.4) is 0 Å². The summed E-state index contributed by atoms with van der Waals surface area (Å²) in [4.78, 5) is 0. The smallest absolute Gasteiger partial charge is 0.233 e. The summed E-state index contributed by atoms with van der Waals surface area (Å²) in [6.07, 6.45) is -4.47. The maximum absolute atomic E-state index is 13.1. The Morgan fingerprint density at radius 3 is 2.27 bits per heavy atom. The second-order valence-electron chi connectivity index (χ2n) is 2.94. The molecule has 2 N–H and O–H groups in total. The normalized spacial score (nSPS) is 23.8. The zero-order valence-electron chi connectivity index (χ0n) is 6.97. The number of fused-ring (bicyclic) bond motifs is 1. The van der Waals surface area contributed by atoms with Crippen LogP contribution in [-0.2, 0) is 0 Å². The fourth-order valence-corrected chi connectivity index (χ4v) is 1.33. The van der Waals surface area contributed by atoms with E-state index in [1.807, 2.05) is 0 Å². The van der Waals surface area contributed by atoms with E-state index < -0.39 is 47.0 Å². The van der Waals surface area contributed by atoms with Crippen LogP contribution in [0.1, 0.15) is 11.7 Å². The Morgan fingerprint density at radius 1 is 1.07 bits per heavy atom. The Morgan fingerprint density at radius 2 is 1.67 bits per heavy atom. The van der Waals surface area contributed by atoms with Gasteiger partial charge in [0, 0.05) is 0 Å². The number of phenols is 1. The molecule has 0 bridgehead atoms. The summed E-state index contributed by atoms with van der Waals surface area (Å²) in [6, 6.07) is 0. The predicted molar refractivity (Wildman–Crippen MR) is 38.5 cm³/mol. The van der Waals surface area contributed by atoms with E-state index in [1.165, 1.54) is 0 Å². The first-order valence-electron chi connectivity index (χ1n) is 3.83. The molecular weight excluding hydrogens is 220 g/mol. The largest absolute Gasteiger partial charge is 0.503 e. The Balaban J connectivity index is 2.75. The summed E-state index contributed by atoms with van der Waals surface area (Å²) >= 11 is 0. The molecule has 1 aliphatic heterocycles. The van der Waals surface area contributed by atoms with E-state index in [0.29, 0.717) is 0 Å². The molecule has 1 aromatic carbocycles. The van der Waals surface area contributed by atoms with Crippen LogP contribution in [-0.4, -0.2) is 16.5 Å². The summed E-state index contributed by atoms with van der Waals surface area (Å²) in [5.41, 5.74) is -1.01. The number of alkyl halides is 1. The third-order valence-electron chi connectivity index (χ3n) is 2.05. The summed E-state index contributed by atoms with van der Waals surface area (Å²) < 4.78 is 56.0. The van der Waals surface area contributed by atoms with Gasteiger partial charge in [-0.3, -0.25) is 0 Å². The highest BCUT2D eigenvalue weighted by Crippen LogP contribution is 2.45. The lowest BCUT2D eigenvalue weighted by Gasteiger charge is -2.05. The number of phenolic OH excluding ortho intramolecular Hbond substituents is 1. The number of rotatable bonds is 0. The third-order valence-corrected chi connectivity index (χ3v) is 2.05. The monoisotopic (exact) mass is 224 g/mol. The van der Waals surface area contributed by atoms with Crippen molar-refractivity contribution in [3.05, 3.63) is 23.0 Å². The van der Waals surface area contributed by atoms with Crippen LogP contribution in [0.4, 0.5) is 17.6 Å². The molecule has 1 aromatic rings. The SMILES string of the molecule is Oc1c(F)c(F)c2c(c1F)C(F)C(O)O2. The first kappa shape index (κ1) is 10.0. The predicted octanol–water partition coefficient (Wildman–Crippen LogP) is 1.53. The van der Waals surface area contributed by atoms with E-state index in [0.717, 1.165) is 0 Å². The fourth-order valence-electron chi connectivity index (χ4n) is 1.33. The Bertz CT molecular complexity index is 435. The lowest BCUT2D eigenvalue weighted by atomic mass is 10.1. The summed E-state index contributed by atoms with van der Waals surface area (Å²) in [5.74, 6) is -7.97. The van der Waals surface area contributed by atoms with Crippen LogP contribution in [0.25, 0.3) is 0 Å². The highest BCUT2D eigenvalue weighted by molar-refractivity contribution is 5.47. The van der Waals surface area contributed by atoms with Gasteiger partial charge in [-0.15, -0.1) is 0 Å². The molecule has 0 aromatic heterocycles. The van der Waals surface area contributed by atoms with Crippen LogP contribution < -0.4 is 4.74 Å². The van der Waals surface area contributed by atoms with Gasteiger partial charge in [0.15, 0.2) is 23.5 Å². The third kappa shape index (κ3) is 1.16. The van der Waals surface area contributed by atoms with Gasteiger partial charge in [-0.25, -0.2) is 8.78 Å². The minimum atomic E-state index is -2.36. The molecule has 2 rings (SSSR count). The van der Waals surface area contributed by atoms with Gasteiger partial charge in [0.05, 0.1) is 5.56 Å². The highest BCUT2D eigenvalue weighted by Gasteiger charge is 2.41. The summed E-state index contributed by atoms with van der Waals surface area (Å²) in [6.45, 7) is 0. The quantitative estimate of drug-likeness (QED) is 0.519. The first-order valence-corrected chi connectivity index (χ1v) is 3.83. The van der Waals surface area contributed by atoms with E-state index >= 15 is 0 Å². The van der Waals surface area contributed by atoms with Crippen molar-refractivity contribution in [1.29, 1.82) is 0 Å². The number of aliphatic hydroxyl groups is 1. The number of benzene rings is 1. The average molecular weight is 224 g/mol. The molecule has 82 valence electrons. The Labute approximate surface area is 80.5 Å². The Kier molecular flexibility index (Phi) is 2.00. The van der Waals surface area contributed by atoms with Crippen LogP contribution in [0, 0.1) is 17.5 Å². The number of halogens is 4. The summed E-state index contributed by atoms with van der Waals surface area (Å²) in [7, 11) is 0. The standard InChI is InChI=1S/C8H4F4O3/c9-2-1-3(10)8(14)15-7(1)5(12)4(11)6(2)13/h3,8,13-14H. The minimum Gasteiger partial charge on any atom is -0.503 e. The van der Waals surface area contributed by atoms with E-state index in [2.05, 4.69) is 4.74 Å². The van der Waals surface area contributed by atoms with Gasteiger partial charge in [0.2, 0.25) is 17.9 Å². The second kappa shape index (κ2) is 2.99. The van der Waals surface area contributed by atoms with Crippen molar-refractivity contribution in [2.75, 3.05) is 0 Å². The van der Waals surface area contributed by atoms with E-state index in [1.54, 1.807) is 0 Å². The second-order valence-corrected chi connectivity index (χ2v) is 2.94. The lowest BCUT2D eigenvalue weighted by molar-refractivity contribution is -0.0541. The highest BCUT2D eigenvalue weighted by atomic mass is 19.2. The molecule has 0 radical (unpaired) electrons. The van der Waals surface area contributed by atoms with E-state index in [4.69, 9.17) is 10.2 Å². The fraction of sp³-hybridized carbons (Fsp3) is 0.250. The van der Waals surface area contributed by atoms with Crippen molar-refractivity contribution in [2.45, 2.75) is 12.5 Å². The van der Waals surface area contributed by atoms with Gasteiger partial charge in [0.1, 0.15) is 0 Å². The van der Waals surface area contributed by atoms with Crippen molar-refractivity contribution in [3.8, 4) is 11.5 Å². The van der Waals surface area contributed by atoms with Crippen LogP contribution in [0.2, 0.25) is 0 Å². The van der Waals surface area contributed by atoms with Gasteiger partial charge in [-0.1, -0.05) is 0 Å². The van der Waals surface area contributed by atoms with E-state index in [9.17, 15) is 17.6 Å². The zero-order chi connectivity index (χ0) is 11.3. The molecule has 2 atom stereocenters. The van der Waals surface area contributed by atoms with Crippen molar-refractivity contribution in [3.63, 3.8) is 0 Å². The number of hydrogen-bond donors (Lipinski definition) is 2. The number of aromatic hydroxyl groups is 1. The van der Waals surface area contributed by atoms with Gasteiger partial charge >= 0.3 is 0 Å². The molecule has 3 nitrogen and oxygen atoms in total. The molecule has 0 spiro atoms. The minimum absolute atomic E-state index is 1.01. The molecule has 0 fully saturated rings. The van der Waals surface area contributed by atoms with Crippen molar-refractivity contribution in [2.24, 2.45) is 0 Å². The molecular formula is C8H4F4O3. The molecule has 0 saturated heterocycles. The zero-order valence-corrected chi connectivity index (χ0v) is 6.97. The molecule has 0 saturated carbocycles. The molecule has 2 unspecified atom stereocenters. The molecule has 1 aliphatic rings.